The van der Waals surface area contributed by atoms with Crippen LogP contribution >= 0.6 is 11.6 Å². The molecule has 2 aromatic rings. The number of ether oxygens (including phenoxy) is 3. The van der Waals surface area contributed by atoms with Gasteiger partial charge in [-0.25, -0.2) is 4.98 Å². The number of benzene rings is 1. The van der Waals surface area contributed by atoms with Gasteiger partial charge in [0.25, 0.3) is 5.56 Å². The normalized spacial score (nSPS) is 10.5. The van der Waals surface area contributed by atoms with Crippen LogP contribution in [0.3, 0.4) is 0 Å². The molecule has 0 fully saturated rings. The summed E-state index contributed by atoms with van der Waals surface area (Å²) in [5.41, 5.74) is -0.218. The highest BCUT2D eigenvalue weighted by atomic mass is 35.5. The number of halogens is 1. The van der Waals surface area contributed by atoms with Crippen molar-refractivity contribution in [2.45, 2.75) is 12.5 Å². The molecule has 0 amide bonds. The van der Waals surface area contributed by atoms with Crippen LogP contribution in [0.4, 0.5) is 0 Å². The van der Waals surface area contributed by atoms with Gasteiger partial charge in [-0.05, 0) is 17.7 Å². The van der Waals surface area contributed by atoms with Gasteiger partial charge in [-0.15, -0.1) is 0 Å². The lowest BCUT2D eigenvalue weighted by atomic mass is 10.1. The van der Waals surface area contributed by atoms with Crippen LogP contribution in [-0.2, 0) is 25.6 Å². The fourth-order valence-electron chi connectivity index (χ4n) is 2.31. The molecule has 0 saturated carbocycles. The summed E-state index contributed by atoms with van der Waals surface area (Å²) in [4.78, 5) is 40.5. The zero-order valence-corrected chi connectivity index (χ0v) is 15.1. The van der Waals surface area contributed by atoms with E-state index in [1.165, 1.54) is 10.8 Å². The first kappa shape index (κ1) is 19.5. The molecule has 0 N–H and O–H groups in total. The van der Waals surface area contributed by atoms with Gasteiger partial charge in [0, 0.05) is 6.20 Å². The van der Waals surface area contributed by atoms with Crippen molar-refractivity contribution in [3.8, 4) is 5.75 Å². The van der Waals surface area contributed by atoms with Gasteiger partial charge in [0.15, 0.2) is 0 Å². The lowest BCUT2D eigenvalue weighted by Crippen LogP contribution is -2.34. The highest BCUT2D eigenvalue weighted by Crippen LogP contribution is 2.17. The van der Waals surface area contributed by atoms with Crippen LogP contribution in [-0.4, -0.2) is 42.8 Å². The molecule has 0 unspecified atom stereocenters. The summed E-state index contributed by atoms with van der Waals surface area (Å²) in [6.07, 6.45) is 1.32. The van der Waals surface area contributed by atoms with Gasteiger partial charge >= 0.3 is 11.9 Å². The maximum Gasteiger partial charge on any atom is 0.326 e. The zero-order chi connectivity index (χ0) is 19.3. The van der Waals surface area contributed by atoms with Crippen molar-refractivity contribution in [1.29, 1.82) is 0 Å². The summed E-state index contributed by atoms with van der Waals surface area (Å²) in [7, 11) is 3.74. The Morgan fingerprint density at radius 2 is 1.69 bits per heavy atom. The Morgan fingerprint density at radius 3 is 2.19 bits per heavy atom. The molecular formula is C17H17ClN2O6. The standard InChI is InChI=1S/C17H17ClN2O6/c1-24-11-6-4-10(5-7-11)8-20-9-12(18)19-14(15(20)21)13(16(22)25-2)17(23)26-3/h4-7,9,13H,8H2,1-3H3. The van der Waals surface area contributed by atoms with Crippen LogP contribution in [0.25, 0.3) is 0 Å². The second kappa shape index (κ2) is 8.48. The minimum absolute atomic E-state index is 0.0501. The lowest BCUT2D eigenvalue weighted by molar-refractivity contribution is -0.154. The smallest absolute Gasteiger partial charge is 0.326 e. The Kier molecular flexibility index (Phi) is 6.35. The van der Waals surface area contributed by atoms with E-state index in [-0.39, 0.29) is 17.4 Å². The second-order valence-electron chi connectivity index (χ2n) is 5.21. The van der Waals surface area contributed by atoms with Crippen LogP contribution in [0.5, 0.6) is 5.75 Å². The minimum Gasteiger partial charge on any atom is -0.497 e. The van der Waals surface area contributed by atoms with Crippen LogP contribution in [0, 0.1) is 0 Å². The third-order valence-electron chi connectivity index (χ3n) is 3.63. The number of hydrogen-bond donors (Lipinski definition) is 0. The molecule has 1 aromatic carbocycles. The van der Waals surface area contributed by atoms with E-state index < -0.39 is 23.4 Å². The second-order valence-corrected chi connectivity index (χ2v) is 5.60. The van der Waals surface area contributed by atoms with Crippen molar-refractivity contribution >= 4 is 23.5 Å². The summed E-state index contributed by atoms with van der Waals surface area (Å²) in [6.45, 7) is 0.160. The van der Waals surface area contributed by atoms with Crippen LogP contribution in [0.1, 0.15) is 17.2 Å². The average molecular weight is 381 g/mol. The SMILES string of the molecule is COC(=O)C(C(=O)OC)c1nc(Cl)cn(Cc2ccc(OC)cc2)c1=O. The fraction of sp³-hybridized carbons (Fsp3) is 0.294. The number of methoxy groups -OCH3 is 3. The highest BCUT2D eigenvalue weighted by molar-refractivity contribution is 6.29. The van der Waals surface area contributed by atoms with E-state index in [0.29, 0.717) is 5.75 Å². The van der Waals surface area contributed by atoms with Gasteiger partial charge in [0.05, 0.1) is 27.9 Å². The van der Waals surface area contributed by atoms with Gasteiger partial charge in [-0.3, -0.25) is 14.4 Å². The number of aromatic nitrogens is 2. The molecule has 2 rings (SSSR count). The van der Waals surface area contributed by atoms with E-state index in [1.807, 2.05) is 0 Å². The number of nitrogens with zero attached hydrogens (tertiary/aromatic N) is 2. The zero-order valence-electron chi connectivity index (χ0n) is 14.4. The van der Waals surface area contributed by atoms with E-state index >= 15 is 0 Å². The molecule has 9 heteroatoms. The molecule has 26 heavy (non-hydrogen) atoms. The molecule has 0 aliphatic heterocycles. The van der Waals surface area contributed by atoms with E-state index in [4.69, 9.17) is 16.3 Å². The fourth-order valence-corrected chi connectivity index (χ4v) is 2.52. The molecule has 0 aliphatic rings. The number of esters is 2. The number of carbonyl (C=O) groups is 2. The Hall–Kier alpha value is -2.87. The third kappa shape index (κ3) is 4.20. The van der Waals surface area contributed by atoms with Gasteiger partial charge < -0.3 is 18.8 Å². The molecule has 0 aliphatic carbocycles. The highest BCUT2D eigenvalue weighted by Gasteiger charge is 2.35. The molecule has 0 spiro atoms. The van der Waals surface area contributed by atoms with Crippen LogP contribution < -0.4 is 10.3 Å². The first-order chi connectivity index (χ1) is 12.4. The quantitative estimate of drug-likeness (QED) is 0.551. The first-order valence-corrected chi connectivity index (χ1v) is 7.84. The topological polar surface area (TPSA) is 96.7 Å². The molecule has 1 aromatic heterocycles. The number of rotatable bonds is 6. The molecular weight excluding hydrogens is 364 g/mol. The van der Waals surface area contributed by atoms with E-state index in [2.05, 4.69) is 14.5 Å². The molecule has 0 radical (unpaired) electrons. The van der Waals surface area contributed by atoms with Crippen molar-refractivity contribution in [2.75, 3.05) is 21.3 Å². The van der Waals surface area contributed by atoms with E-state index in [0.717, 1.165) is 19.8 Å². The Bertz CT molecular complexity index is 847. The molecule has 1 heterocycles. The molecule has 0 saturated heterocycles. The molecule has 8 nitrogen and oxygen atoms in total. The minimum atomic E-state index is -1.61. The number of hydrogen-bond acceptors (Lipinski definition) is 7. The summed E-state index contributed by atoms with van der Waals surface area (Å²) in [6, 6.07) is 7.04. The third-order valence-corrected chi connectivity index (χ3v) is 3.81. The predicted molar refractivity (Wildman–Crippen MR) is 92.4 cm³/mol. The molecule has 0 bridgehead atoms. The summed E-state index contributed by atoms with van der Waals surface area (Å²) < 4.78 is 15.5. The lowest BCUT2D eigenvalue weighted by Gasteiger charge is -2.14. The maximum absolute atomic E-state index is 12.7. The van der Waals surface area contributed by atoms with E-state index in [1.54, 1.807) is 31.4 Å². The van der Waals surface area contributed by atoms with Gasteiger partial charge in [0.2, 0.25) is 5.92 Å². The van der Waals surface area contributed by atoms with Crippen LogP contribution in [0.2, 0.25) is 5.15 Å². The Morgan fingerprint density at radius 1 is 1.12 bits per heavy atom. The van der Waals surface area contributed by atoms with Crippen molar-refractivity contribution in [2.24, 2.45) is 0 Å². The monoisotopic (exact) mass is 380 g/mol. The van der Waals surface area contributed by atoms with Crippen LogP contribution in [0.15, 0.2) is 35.3 Å². The van der Waals surface area contributed by atoms with Crippen molar-refractivity contribution in [3.05, 3.63) is 57.2 Å². The first-order valence-electron chi connectivity index (χ1n) is 7.46. The Balaban J connectivity index is 2.47. The summed E-state index contributed by atoms with van der Waals surface area (Å²) in [5.74, 6) is -2.86. The summed E-state index contributed by atoms with van der Waals surface area (Å²) >= 11 is 5.98. The van der Waals surface area contributed by atoms with E-state index in [9.17, 15) is 14.4 Å². The average Bonchev–Trinajstić information content (AvgIpc) is 2.65. The molecule has 0 atom stereocenters. The predicted octanol–water partition coefficient (Wildman–Crippen LogP) is 1.38. The van der Waals surface area contributed by atoms with Crippen molar-refractivity contribution in [3.63, 3.8) is 0 Å². The van der Waals surface area contributed by atoms with Gasteiger partial charge in [-0.1, -0.05) is 23.7 Å². The van der Waals surface area contributed by atoms with Gasteiger partial charge in [-0.2, -0.15) is 0 Å². The summed E-state index contributed by atoms with van der Waals surface area (Å²) in [5, 5.41) is -0.0501. The molecule has 138 valence electrons. The van der Waals surface area contributed by atoms with Gasteiger partial charge in [0.1, 0.15) is 16.6 Å². The number of carbonyl (C=O) groups excluding carboxylic acids is 2. The maximum atomic E-state index is 12.7. The Labute approximate surface area is 154 Å². The van der Waals surface area contributed by atoms with Crippen molar-refractivity contribution < 1.29 is 23.8 Å². The van der Waals surface area contributed by atoms with Crippen molar-refractivity contribution in [1.82, 2.24) is 9.55 Å². The largest absolute Gasteiger partial charge is 0.497 e.